The van der Waals surface area contributed by atoms with E-state index in [0.717, 1.165) is 42.6 Å². The minimum absolute atomic E-state index is 0.597. The van der Waals surface area contributed by atoms with Crippen LogP contribution in [0.3, 0.4) is 0 Å². The normalized spacial score (nSPS) is 30.6. The molecule has 3 saturated carbocycles. The molecule has 3 aliphatic carbocycles. The van der Waals surface area contributed by atoms with Gasteiger partial charge in [-0.3, -0.25) is 0 Å². The molecule has 0 amide bonds. The average Bonchev–Trinajstić information content (AvgIpc) is 3.09. The fourth-order valence-corrected chi connectivity index (χ4v) is 4.01. The number of hydrogen-bond donors (Lipinski definition) is 2. The van der Waals surface area contributed by atoms with Gasteiger partial charge in [-0.25, -0.2) is 0 Å². The molecule has 0 saturated heterocycles. The van der Waals surface area contributed by atoms with Gasteiger partial charge in [0.25, 0.3) is 0 Å². The van der Waals surface area contributed by atoms with Crippen molar-refractivity contribution in [2.75, 3.05) is 24.2 Å². The van der Waals surface area contributed by atoms with Gasteiger partial charge in [-0.1, -0.05) is 6.42 Å². The number of anilines is 2. The van der Waals surface area contributed by atoms with E-state index in [2.05, 4.69) is 10.3 Å². The molecule has 4 nitrogen and oxygen atoms in total. The number of rotatable bonds is 6. The molecule has 3 fully saturated rings. The summed E-state index contributed by atoms with van der Waals surface area (Å²) in [4.78, 5) is 4.54. The third-order valence-corrected chi connectivity index (χ3v) is 5.47. The van der Waals surface area contributed by atoms with E-state index >= 15 is 0 Å². The van der Waals surface area contributed by atoms with Crippen LogP contribution in [0.5, 0.6) is 5.88 Å². The molecule has 1 aromatic heterocycles. The lowest BCUT2D eigenvalue weighted by atomic mass is 9.89. The molecule has 4 heteroatoms. The molecule has 0 aliphatic heterocycles. The summed E-state index contributed by atoms with van der Waals surface area (Å²) in [5, 5.41) is 3.50. The minimum Gasteiger partial charge on any atom is -0.476 e. The van der Waals surface area contributed by atoms with E-state index in [0.29, 0.717) is 11.6 Å². The molecule has 1 aromatic rings. The molecule has 114 valence electrons. The topological polar surface area (TPSA) is 60.2 Å². The predicted molar refractivity (Wildman–Crippen MR) is 84.3 cm³/mol. The Labute approximate surface area is 126 Å². The SMILES string of the molecule is Nc1ccc(NCC2CC3CCC2C3)nc1OCC1CC1. The standard InChI is InChI=1S/C17H25N3O/c18-15-5-6-16(20-17(15)21-10-11-1-2-11)19-9-14-8-12-3-4-13(14)7-12/h5-6,11-14H,1-4,7-10,18H2,(H,19,20). The zero-order valence-electron chi connectivity index (χ0n) is 12.6. The Hall–Kier alpha value is -1.45. The molecule has 3 N–H and O–H groups in total. The van der Waals surface area contributed by atoms with Crippen molar-refractivity contribution in [3.05, 3.63) is 12.1 Å². The molecule has 3 unspecified atom stereocenters. The van der Waals surface area contributed by atoms with Crippen LogP contribution in [-0.2, 0) is 0 Å². The van der Waals surface area contributed by atoms with Gasteiger partial charge in [0.2, 0.25) is 5.88 Å². The van der Waals surface area contributed by atoms with Crippen molar-refractivity contribution in [2.45, 2.75) is 38.5 Å². The van der Waals surface area contributed by atoms with Crippen LogP contribution in [0.15, 0.2) is 12.1 Å². The van der Waals surface area contributed by atoms with E-state index in [1.165, 1.54) is 38.5 Å². The Morgan fingerprint density at radius 2 is 2.10 bits per heavy atom. The molecular weight excluding hydrogens is 262 g/mol. The average molecular weight is 287 g/mol. The van der Waals surface area contributed by atoms with Crippen LogP contribution in [0.1, 0.15) is 38.5 Å². The zero-order valence-corrected chi connectivity index (χ0v) is 12.6. The molecule has 0 spiro atoms. The minimum atomic E-state index is 0.597. The number of nitrogen functional groups attached to an aromatic ring is 1. The molecule has 1 heterocycles. The van der Waals surface area contributed by atoms with E-state index < -0.39 is 0 Å². The molecule has 3 atom stereocenters. The lowest BCUT2D eigenvalue weighted by Crippen LogP contribution is -2.20. The monoisotopic (exact) mass is 287 g/mol. The zero-order chi connectivity index (χ0) is 14.2. The fraction of sp³-hybridized carbons (Fsp3) is 0.706. The number of ether oxygens (including phenoxy) is 1. The Morgan fingerprint density at radius 3 is 2.81 bits per heavy atom. The summed E-state index contributed by atoms with van der Waals surface area (Å²) in [6, 6.07) is 3.87. The van der Waals surface area contributed by atoms with Gasteiger partial charge in [0.05, 0.1) is 12.3 Å². The Balaban J connectivity index is 1.34. The Kier molecular flexibility index (Phi) is 3.40. The summed E-state index contributed by atoms with van der Waals surface area (Å²) < 4.78 is 5.75. The van der Waals surface area contributed by atoms with Crippen LogP contribution >= 0.6 is 0 Å². The molecule has 0 aromatic carbocycles. The highest BCUT2D eigenvalue weighted by Gasteiger charge is 2.39. The third kappa shape index (κ3) is 2.94. The summed E-state index contributed by atoms with van der Waals surface area (Å²) in [5.41, 5.74) is 6.59. The molecule has 21 heavy (non-hydrogen) atoms. The third-order valence-electron chi connectivity index (χ3n) is 5.47. The van der Waals surface area contributed by atoms with Crippen molar-refractivity contribution in [1.82, 2.24) is 4.98 Å². The number of nitrogens with two attached hydrogens (primary N) is 1. The van der Waals surface area contributed by atoms with Crippen LogP contribution < -0.4 is 15.8 Å². The van der Waals surface area contributed by atoms with Crippen LogP contribution in [0, 0.1) is 23.7 Å². The van der Waals surface area contributed by atoms with E-state index in [1.54, 1.807) is 0 Å². The second-order valence-electron chi connectivity index (χ2n) is 7.16. The van der Waals surface area contributed by atoms with Crippen molar-refractivity contribution in [3.63, 3.8) is 0 Å². The first-order valence-corrected chi connectivity index (χ1v) is 8.41. The summed E-state index contributed by atoms with van der Waals surface area (Å²) in [6.07, 6.45) is 8.31. The maximum absolute atomic E-state index is 5.95. The summed E-state index contributed by atoms with van der Waals surface area (Å²) in [7, 11) is 0. The summed E-state index contributed by atoms with van der Waals surface area (Å²) in [5.74, 6) is 4.99. The van der Waals surface area contributed by atoms with Gasteiger partial charge in [0.1, 0.15) is 5.82 Å². The van der Waals surface area contributed by atoms with Gasteiger partial charge in [-0.15, -0.1) is 0 Å². The van der Waals surface area contributed by atoms with Gasteiger partial charge in [-0.2, -0.15) is 4.98 Å². The van der Waals surface area contributed by atoms with Crippen molar-refractivity contribution >= 4 is 11.5 Å². The number of pyridine rings is 1. The van der Waals surface area contributed by atoms with Crippen LogP contribution in [0.4, 0.5) is 11.5 Å². The maximum atomic E-state index is 5.95. The van der Waals surface area contributed by atoms with Crippen molar-refractivity contribution < 1.29 is 4.74 Å². The van der Waals surface area contributed by atoms with E-state index in [1.807, 2.05) is 12.1 Å². The van der Waals surface area contributed by atoms with Gasteiger partial charge in [0, 0.05) is 6.54 Å². The first kappa shape index (κ1) is 13.2. The number of hydrogen-bond acceptors (Lipinski definition) is 4. The summed E-state index contributed by atoms with van der Waals surface area (Å²) in [6.45, 7) is 1.80. The van der Waals surface area contributed by atoms with Gasteiger partial charge >= 0.3 is 0 Å². The number of aromatic nitrogens is 1. The van der Waals surface area contributed by atoms with Crippen molar-refractivity contribution in [3.8, 4) is 5.88 Å². The maximum Gasteiger partial charge on any atom is 0.239 e. The number of nitrogens with one attached hydrogen (secondary N) is 1. The largest absolute Gasteiger partial charge is 0.476 e. The highest BCUT2D eigenvalue weighted by molar-refractivity contribution is 5.53. The van der Waals surface area contributed by atoms with Crippen molar-refractivity contribution in [2.24, 2.45) is 23.7 Å². The quantitative estimate of drug-likeness (QED) is 0.842. The first-order chi connectivity index (χ1) is 10.3. The number of fused-ring (bicyclic) bond motifs is 2. The van der Waals surface area contributed by atoms with Gasteiger partial charge in [0.15, 0.2) is 0 Å². The van der Waals surface area contributed by atoms with E-state index in [4.69, 9.17) is 10.5 Å². The molecule has 4 rings (SSSR count). The molecule has 0 radical (unpaired) electrons. The van der Waals surface area contributed by atoms with Gasteiger partial charge < -0.3 is 15.8 Å². The smallest absolute Gasteiger partial charge is 0.239 e. The predicted octanol–water partition coefficient (Wildman–Crippen LogP) is 3.30. The van der Waals surface area contributed by atoms with Crippen LogP contribution in [0.25, 0.3) is 0 Å². The van der Waals surface area contributed by atoms with Gasteiger partial charge in [-0.05, 0) is 67.9 Å². The first-order valence-electron chi connectivity index (χ1n) is 8.41. The second kappa shape index (κ2) is 5.39. The lowest BCUT2D eigenvalue weighted by molar-refractivity contribution is 0.290. The van der Waals surface area contributed by atoms with Crippen molar-refractivity contribution in [1.29, 1.82) is 0 Å². The highest BCUT2D eigenvalue weighted by Crippen LogP contribution is 2.48. The van der Waals surface area contributed by atoms with Crippen LogP contribution in [-0.4, -0.2) is 18.1 Å². The highest BCUT2D eigenvalue weighted by atomic mass is 16.5. The second-order valence-corrected chi connectivity index (χ2v) is 7.16. The fourth-order valence-electron chi connectivity index (χ4n) is 4.01. The van der Waals surface area contributed by atoms with E-state index in [9.17, 15) is 0 Å². The Morgan fingerprint density at radius 1 is 1.19 bits per heavy atom. The molecular formula is C17H25N3O. The number of nitrogens with zero attached hydrogens (tertiary/aromatic N) is 1. The van der Waals surface area contributed by atoms with Crippen LogP contribution in [0.2, 0.25) is 0 Å². The lowest BCUT2D eigenvalue weighted by Gasteiger charge is -2.22. The summed E-state index contributed by atoms with van der Waals surface area (Å²) >= 11 is 0. The molecule has 3 aliphatic rings. The van der Waals surface area contributed by atoms with E-state index in [-0.39, 0.29) is 0 Å². The Bertz CT molecular complexity index is 515. The molecule has 2 bridgehead atoms.